The van der Waals surface area contributed by atoms with E-state index in [0.29, 0.717) is 25.6 Å². The molecule has 0 saturated carbocycles. The fraction of sp³-hybridized carbons (Fsp3) is 0.450. The fourth-order valence-electron chi connectivity index (χ4n) is 3.79. The van der Waals surface area contributed by atoms with E-state index >= 15 is 0 Å². The van der Waals surface area contributed by atoms with E-state index in [1.54, 1.807) is 0 Å². The Morgan fingerprint density at radius 2 is 1.71 bits per heavy atom. The first-order valence-electron chi connectivity index (χ1n) is 8.79. The molecule has 4 heteroatoms. The van der Waals surface area contributed by atoms with Crippen LogP contribution in [0.5, 0.6) is 0 Å². The lowest BCUT2D eigenvalue weighted by molar-refractivity contribution is -0.136. The summed E-state index contributed by atoms with van der Waals surface area (Å²) in [5.74, 6) is 0.646. The molecule has 24 heavy (non-hydrogen) atoms. The maximum Gasteiger partial charge on any atom is 0.227 e. The van der Waals surface area contributed by atoms with E-state index in [0.717, 1.165) is 31.5 Å². The summed E-state index contributed by atoms with van der Waals surface area (Å²) in [5, 5.41) is 2.37. The zero-order valence-electron chi connectivity index (χ0n) is 13.8. The van der Waals surface area contributed by atoms with Crippen molar-refractivity contribution in [2.45, 2.75) is 25.6 Å². The second kappa shape index (κ2) is 6.91. The Bertz CT molecular complexity index is 710. The third-order valence-electron chi connectivity index (χ3n) is 5.15. The van der Waals surface area contributed by atoms with Crippen molar-refractivity contribution in [2.24, 2.45) is 5.92 Å². The topological polar surface area (TPSA) is 38.8 Å². The molecule has 4 rings (SSSR count). The summed E-state index contributed by atoms with van der Waals surface area (Å²) < 4.78 is 11.2. The standard InChI is InChI=1S/C20H23NO3/c22-19(14-17-6-3-5-15-4-1-2-7-18(15)17)21-10-8-16(9-11-21)20-23-12-13-24-20/h1-7,16,20H,8-14H2. The summed E-state index contributed by atoms with van der Waals surface area (Å²) >= 11 is 0. The first-order chi connectivity index (χ1) is 11.8. The SMILES string of the molecule is O=C(Cc1cccc2ccccc12)N1CCC(C2OCCO2)CC1. The molecule has 2 aliphatic rings. The van der Waals surface area contributed by atoms with Gasteiger partial charge in [-0.25, -0.2) is 0 Å². The number of nitrogens with zero attached hydrogens (tertiary/aromatic N) is 1. The second-order valence-corrected chi connectivity index (χ2v) is 6.64. The number of ether oxygens (including phenoxy) is 2. The highest BCUT2D eigenvalue weighted by Gasteiger charge is 2.31. The van der Waals surface area contributed by atoms with Gasteiger partial charge in [0.15, 0.2) is 6.29 Å². The minimum Gasteiger partial charge on any atom is -0.350 e. The van der Waals surface area contributed by atoms with Crippen LogP contribution in [-0.2, 0) is 20.7 Å². The highest BCUT2D eigenvalue weighted by atomic mass is 16.7. The average molecular weight is 325 g/mol. The number of likely N-dealkylation sites (tertiary alicyclic amines) is 1. The fourth-order valence-corrected chi connectivity index (χ4v) is 3.79. The largest absolute Gasteiger partial charge is 0.350 e. The Labute approximate surface area is 142 Å². The molecule has 0 spiro atoms. The Kier molecular flexibility index (Phi) is 4.50. The predicted octanol–water partition coefficient (Wildman–Crippen LogP) is 2.99. The highest BCUT2D eigenvalue weighted by molar-refractivity contribution is 5.90. The maximum absolute atomic E-state index is 12.7. The van der Waals surface area contributed by atoms with Crippen LogP contribution in [0.2, 0.25) is 0 Å². The third kappa shape index (κ3) is 3.17. The van der Waals surface area contributed by atoms with E-state index < -0.39 is 0 Å². The van der Waals surface area contributed by atoms with E-state index in [-0.39, 0.29) is 12.2 Å². The smallest absolute Gasteiger partial charge is 0.227 e. The Balaban J connectivity index is 1.39. The molecular formula is C20H23NO3. The summed E-state index contributed by atoms with van der Waals surface area (Å²) in [7, 11) is 0. The molecule has 2 heterocycles. The molecule has 2 saturated heterocycles. The van der Waals surface area contributed by atoms with E-state index in [4.69, 9.17) is 9.47 Å². The Morgan fingerprint density at radius 3 is 2.50 bits per heavy atom. The summed E-state index contributed by atoms with van der Waals surface area (Å²) in [6.07, 6.45) is 2.35. The van der Waals surface area contributed by atoms with Crippen molar-refractivity contribution in [3.63, 3.8) is 0 Å². The zero-order valence-corrected chi connectivity index (χ0v) is 13.8. The summed E-state index contributed by atoms with van der Waals surface area (Å²) in [5.41, 5.74) is 1.11. The molecule has 2 aliphatic heterocycles. The van der Waals surface area contributed by atoms with Crippen molar-refractivity contribution >= 4 is 16.7 Å². The monoisotopic (exact) mass is 325 g/mol. The van der Waals surface area contributed by atoms with Gasteiger partial charge in [0, 0.05) is 19.0 Å². The van der Waals surface area contributed by atoms with Crippen LogP contribution in [0, 0.1) is 5.92 Å². The molecule has 0 aromatic heterocycles. The van der Waals surface area contributed by atoms with Crippen LogP contribution in [0.4, 0.5) is 0 Å². The normalized spacial score (nSPS) is 19.9. The van der Waals surface area contributed by atoms with Gasteiger partial charge in [-0.15, -0.1) is 0 Å². The molecule has 4 nitrogen and oxygen atoms in total. The van der Waals surface area contributed by atoms with Crippen LogP contribution in [0.1, 0.15) is 18.4 Å². The van der Waals surface area contributed by atoms with Crippen molar-refractivity contribution in [3.05, 3.63) is 48.0 Å². The number of hydrogen-bond donors (Lipinski definition) is 0. The van der Waals surface area contributed by atoms with Crippen LogP contribution < -0.4 is 0 Å². The van der Waals surface area contributed by atoms with Gasteiger partial charge >= 0.3 is 0 Å². The molecule has 0 N–H and O–H groups in total. The second-order valence-electron chi connectivity index (χ2n) is 6.64. The lowest BCUT2D eigenvalue weighted by Crippen LogP contribution is -2.42. The van der Waals surface area contributed by atoms with E-state index in [1.165, 1.54) is 10.8 Å². The first-order valence-corrected chi connectivity index (χ1v) is 8.79. The van der Waals surface area contributed by atoms with Gasteiger partial charge in [-0.05, 0) is 29.2 Å². The highest BCUT2D eigenvalue weighted by Crippen LogP contribution is 2.26. The maximum atomic E-state index is 12.7. The van der Waals surface area contributed by atoms with Gasteiger partial charge in [0.05, 0.1) is 19.6 Å². The molecule has 126 valence electrons. The van der Waals surface area contributed by atoms with Gasteiger partial charge in [0.25, 0.3) is 0 Å². The van der Waals surface area contributed by atoms with Crippen LogP contribution in [-0.4, -0.2) is 43.4 Å². The zero-order chi connectivity index (χ0) is 16.4. The predicted molar refractivity (Wildman–Crippen MR) is 92.6 cm³/mol. The summed E-state index contributed by atoms with van der Waals surface area (Å²) in [4.78, 5) is 14.7. The third-order valence-corrected chi connectivity index (χ3v) is 5.15. The first kappa shape index (κ1) is 15.6. The van der Waals surface area contributed by atoms with E-state index in [2.05, 4.69) is 24.3 Å². The van der Waals surface area contributed by atoms with Crippen LogP contribution in [0.25, 0.3) is 10.8 Å². The molecule has 0 atom stereocenters. The summed E-state index contributed by atoms with van der Waals surface area (Å²) in [6.45, 7) is 3.00. The molecule has 0 bridgehead atoms. The number of rotatable bonds is 3. The number of carbonyl (C=O) groups is 1. The van der Waals surface area contributed by atoms with Crippen molar-refractivity contribution in [2.75, 3.05) is 26.3 Å². The van der Waals surface area contributed by atoms with E-state index in [1.807, 2.05) is 23.1 Å². The molecule has 1 amide bonds. The average Bonchev–Trinajstić information content (AvgIpc) is 3.17. The molecule has 0 radical (unpaired) electrons. The van der Waals surface area contributed by atoms with Gasteiger partial charge in [0.2, 0.25) is 5.91 Å². The lowest BCUT2D eigenvalue weighted by Gasteiger charge is -2.34. The number of piperidine rings is 1. The van der Waals surface area contributed by atoms with Crippen molar-refractivity contribution in [3.8, 4) is 0 Å². The van der Waals surface area contributed by atoms with Crippen LogP contribution in [0.15, 0.2) is 42.5 Å². The van der Waals surface area contributed by atoms with E-state index in [9.17, 15) is 4.79 Å². The molecular weight excluding hydrogens is 302 g/mol. The number of carbonyl (C=O) groups excluding carboxylic acids is 1. The lowest BCUT2D eigenvalue weighted by atomic mass is 9.95. The van der Waals surface area contributed by atoms with Crippen molar-refractivity contribution < 1.29 is 14.3 Å². The van der Waals surface area contributed by atoms with Gasteiger partial charge in [-0.3, -0.25) is 4.79 Å². The quantitative estimate of drug-likeness (QED) is 0.871. The van der Waals surface area contributed by atoms with Crippen LogP contribution >= 0.6 is 0 Å². The van der Waals surface area contributed by atoms with Gasteiger partial charge < -0.3 is 14.4 Å². The minimum atomic E-state index is -0.0553. The summed E-state index contributed by atoms with van der Waals surface area (Å²) in [6, 6.07) is 14.4. The number of amides is 1. The molecule has 2 aromatic rings. The van der Waals surface area contributed by atoms with Gasteiger partial charge in [-0.1, -0.05) is 42.5 Å². The molecule has 2 fully saturated rings. The van der Waals surface area contributed by atoms with Crippen molar-refractivity contribution in [1.29, 1.82) is 0 Å². The number of benzene rings is 2. The molecule has 2 aromatic carbocycles. The number of fused-ring (bicyclic) bond motifs is 1. The molecule has 0 unspecified atom stereocenters. The molecule has 0 aliphatic carbocycles. The van der Waals surface area contributed by atoms with Gasteiger partial charge in [0.1, 0.15) is 0 Å². The number of hydrogen-bond acceptors (Lipinski definition) is 3. The minimum absolute atomic E-state index is 0.0553. The Morgan fingerprint density at radius 1 is 1.00 bits per heavy atom. The van der Waals surface area contributed by atoms with Gasteiger partial charge in [-0.2, -0.15) is 0 Å². The van der Waals surface area contributed by atoms with Crippen molar-refractivity contribution in [1.82, 2.24) is 4.90 Å². The Hall–Kier alpha value is -1.91. The van der Waals surface area contributed by atoms with Crippen LogP contribution in [0.3, 0.4) is 0 Å².